The molecule has 0 atom stereocenters. The van der Waals surface area contributed by atoms with E-state index in [1.54, 1.807) is 7.11 Å². The van der Waals surface area contributed by atoms with Crippen molar-refractivity contribution in [3.8, 4) is 11.5 Å². The molecular weight excluding hydrogens is 264 g/mol. The standard InChI is InChI=1S/C18H20O3/c1-13-5-4-6-16(11-13)21-10-9-18(19)17-8-7-15(20-3)12-14(17)2/h4-8,11-12H,9-10H2,1-3H3. The van der Waals surface area contributed by atoms with Gasteiger partial charge in [-0.15, -0.1) is 0 Å². The van der Waals surface area contributed by atoms with Gasteiger partial charge in [0, 0.05) is 12.0 Å². The summed E-state index contributed by atoms with van der Waals surface area (Å²) < 4.78 is 10.8. The van der Waals surface area contributed by atoms with Gasteiger partial charge in [-0.05, 0) is 55.3 Å². The fraction of sp³-hybridized carbons (Fsp3) is 0.278. The van der Waals surface area contributed by atoms with E-state index in [1.807, 2.05) is 56.3 Å². The lowest BCUT2D eigenvalue weighted by molar-refractivity contribution is 0.0961. The molecule has 2 aromatic carbocycles. The third kappa shape index (κ3) is 4.09. The van der Waals surface area contributed by atoms with Crippen LogP contribution < -0.4 is 9.47 Å². The van der Waals surface area contributed by atoms with Crippen LogP contribution in [-0.2, 0) is 0 Å². The van der Waals surface area contributed by atoms with Crippen LogP contribution >= 0.6 is 0 Å². The van der Waals surface area contributed by atoms with Gasteiger partial charge in [0.2, 0.25) is 0 Å². The van der Waals surface area contributed by atoms with Gasteiger partial charge in [0.1, 0.15) is 11.5 Å². The molecule has 2 rings (SSSR count). The highest BCUT2D eigenvalue weighted by atomic mass is 16.5. The summed E-state index contributed by atoms with van der Waals surface area (Å²) in [7, 11) is 1.62. The minimum atomic E-state index is 0.0859. The topological polar surface area (TPSA) is 35.5 Å². The van der Waals surface area contributed by atoms with Crippen molar-refractivity contribution >= 4 is 5.78 Å². The molecule has 0 unspecified atom stereocenters. The SMILES string of the molecule is COc1ccc(C(=O)CCOc2cccc(C)c2)c(C)c1. The number of ketones is 1. The van der Waals surface area contributed by atoms with Crippen molar-refractivity contribution < 1.29 is 14.3 Å². The Morgan fingerprint density at radius 1 is 1.05 bits per heavy atom. The Labute approximate surface area is 125 Å². The van der Waals surface area contributed by atoms with Crippen LogP contribution in [0.15, 0.2) is 42.5 Å². The van der Waals surface area contributed by atoms with E-state index in [0.29, 0.717) is 13.0 Å². The summed E-state index contributed by atoms with van der Waals surface area (Å²) in [6, 6.07) is 13.3. The second-order valence-electron chi connectivity index (χ2n) is 5.02. The number of carbonyl (C=O) groups is 1. The minimum absolute atomic E-state index is 0.0859. The van der Waals surface area contributed by atoms with E-state index in [-0.39, 0.29) is 5.78 Å². The van der Waals surface area contributed by atoms with Crippen molar-refractivity contribution in [1.82, 2.24) is 0 Å². The molecule has 0 radical (unpaired) electrons. The quantitative estimate of drug-likeness (QED) is 0.753. The number of Topliss-reactive ketones (excluding diaryl/α,β-unsaturated/α-hetero) is 1. The van der Waals surface area contributed by atoms with Crippen LogP contribution in [0.1, 0.15) is 27.9 Å². The molecule has 0 aliphatic rings. The molecule has 2 aromatic rings. The molecule has 21 heavy (non-hydrogen) atoms. The summed E-state index contributed by atoms with van der Waals surface area (Å²) in [5.41, 5.74) is 2.79. The average Bonchev–Trinajstić information content (AvgIpc) is 2.47. The summed E-state index contributed by atoms with van der Waals surface area (Å²) in [5.74, 6) is 1.65. The number of ether oxygens (including phenoxy) is 2. The molecule has 0 spiro atoms. The Hall–Kier alpha value is -2.29. The lowest BCUT2D eigenvalue weighted by Crippen LogP contribution is -2.08. The van der Waals surface area contributed by atoms with Crippen LogP contribution in [0.3, 0.4) is 0 Å². The molecule has 0 fully saturated rings. The smallest absolute Gasteiger partial charge is 0.166 e. The average molecular weight is 284 g/mol. The zero-order valence-corrected chi connectivity index (χ0v) is 12.7. The summed E-state index contributed by atoms with van der Waals surface area (Å²) in [6.07, 6.45) is 0.362. The first-order chi connectivity index (χ1) is 10.1. The van der Waals surface area contributed by atoms with Gasteiger partial charge >= 0.3 is 0 Å². The molecule has 0 aromatic heterocycles. The highest BCUT2D eigenvalue weighted by Gasteiger charge is 2.10. The van der Waals surface area contributed by atoms with Crippen LogP contribution in [-0.4, -0.2) is 19.5 Å². The molecule has 3 nitrogen and oxygen atoms in total. The second kappa shape index (κ2) is 6.93. The molecule has 0 N–H and O–H groups in total. The molecule has 0 heterocycles. The highest BCUT2D eigenvalue weighted by Crippen LogP contribution is 2.18. The van der Waals surface area contributed by atoms with E-state index in [9.17, 15) is 4.79 Å². The van der Waals surface area contributed by atoms with Gasteiger partial charge in [-0.1, -0.05) is 12.1 Å². The summed E-state index contributed by atoms with van der Waals surface area (Å²) in [4.78, 5) is 12.2. The summed E-state index contributed by atoms with van der Waals surface area (Å²) in [6.45, 7) is 4.31. The lowest BCUT2D eigenvalue weighted by atomic mass is 10.0. The van der Waals surface area contributed by atoms with E-state index < -0.39 is 0 Å². The molecule has 0 aliphatic heterocycles. The second-order valence-corrected chi connectivity index (χ2v) is 5.02. The monoisotopic (exact) mass is 284 g/mol. The van der Waals surface area contributed by atoms with Crippen molar-refractivity contribution in [2.45, 2.75) is 20.3 Å². The molecule has 3 heteroatoms. The third-order valence-electron chi connectivity index (χ3n) is 3.32. The molecule has 0 saturated carbocycles. The number of hydrogen-bond donors (Lipinski definition) is 0. The molecule has 0 saturated heterocycles. The Morgan fingerprint density at radius 2 is 1.86 bits per heavy atom. The maximum absolute atomic E-state index is 12.2. The number of benzene rings is 2. The first-order valence-corrected chi connectivity index (χ1v) is 6.97. The van der Waals surface area contributed by atoms with Crippen LogP contribution in [0.2, 0.25) is 0 Å². The summed E-state index contributed by atoms with van der Waals surface area (Å²) >= 11 is 0. The van der Waals surface area contributed by atoms with E-state index >= 15 is 0 Å². The molecule has 110 valence electrons. The maximum atomic E-state index is 12.2. The van der Waals surface area contributed by atoms with Gasteiger partial charge in [0.05, 0.1) is 13.7 Å². The Balaban J connectivity index is 1.93. The largest absolute Gasteiger partial charge is 0.497 e. The number of hydrogen-bond acceptors (Lipinski definition) is 3. The molecule has 0 bridgehead atoms. The predicted octanol–water partition coefficient (Wildman–Crippen LogP) is 3.96. The Bertz CT molecular complexity index is 632. The number of rotatable bonds is 6. The van der Waals surface area contributed by atoms with E-state index in [2.05, 4.69) is 0 Å². The predicted molar refractivity (Wildman–Crippen MR) is 83.4 cm³/mol. The zero-order valence-electron chi connectivity index (χ0n) is 12.7. The highest BCUT2D eigenvalue weighted by molar-refractivity contribution is 5.97. The number of methoxy groups -OCH3 is 1. The van der Waals surface area contributed by atoms with Gasteiger partial charge in [0.25, 0.3) is 0 Å². The van der Waals surface area contributed by atoms with Gasteiger partial charge in [-0.25, -0.2) is 0 Å². The van der Waals surface area contributed by atoms with Gasteiger partial charge in [-0.2, -0.15) is 0 Å². The Kier molecular flexibility index (Phi) is 4.99. The van der Waals surface area contributed by atoms with Crippen molar-refractivity contribution in [3.63, 3.8) is 0 Å². The van der Waals surface area contributed by atoms with Gasteiger partial charge in [-0.3, -0.25) is 4.79 Å². The van der Waals surface area contributed by atoms with E-state index in [4.69, 9.17) is 9.47 Å². The molecule has 0 amide bonds. The van der Waals surface area contributed by atoms with Crippen molar-refractivity contribution in [2.24, 2.45) is 0 Å². The van der Waals surface area contributed by atoms with Crippen LogP contribution in [0.25, 0.3) is 0 Å². The van der Waals surface area contributed by atoms with E-state index in [1.165, 1.54) is 0 Å². The van der Waals surface area contributed by atoms with Crippen molar-refractivity contribution in [2.75, 3.05) is 13.7 Å². The molecular formula is C18H20O3. The van der Waals surface area contributed by atoms with E-state index in [0.717, 1.165) is 28.2 Å². The first kappa shape index (κ1) is 15.1. The third-order valence-corrected chi connectivity index (χ3v) is 3.32. The van der Waals surface area contributed by atoms with Crippen LogP contribution in [0, 0.1) is 13.8 Å². The lowest BCUT2D eigenvalue weighted by Gasteiger charge is -2.09. The van der Waals surface area contributed by atoms with Crippen molar-refractivity contribution in [1.29, 1.82) is 0 Å². The van der Waals surface area contributed by atoms with Crippen LogP contribution in [0.4, 0.5) is 0 Å². The van der Waals surface area contributed by atoms with Gasteiger partial charge in [0.15, 0.2) is 5.78 Å². The Morgan fingerprint density at radius 3 is 2.52 bits per heavy atom. The normalized spacial score (nSPS) is 10.2. The molecule has 0 aliphatic carbocycles. The van der Waals surface area contributed by atoms with Crippen LogP contribution in [0.5, 0.6) is 11.5 Å². The van der Waals surface area contributed by atoms with Crippen molar-refractivity contribution in [3.05, 3.63) is 59.2 Å². The summed E-state index contributed by atoms with van der Waals surface area (Å²) in [5, 5.41) is 0. The minimum Gasteiger partial charge on any atom is -0.497 e. The number of aryl methyl sites for hydroxylation is 2. The zero-order chi connectivity index (χ0) is 15.2. The fourth-order valence-electron chi connectivity index (χ4n) is 2.18. The fourth-order valence-corrected chi connectivity index (χ4v) is 2.18. The van der Waals surface area contributed by atoms with Gasteiger partial charge < -0.3 is 9.47 Å². The first-order valence-electron chi connectivity index (χ1n) is 6.97. The number of carbonyl (C=O) groups excluding carboxylic acids is 1. The maximum Gasteiger partial charge on any atom is 0.166 e.